The van der Waals surface area contributed by atoms with E-state index in [1.165, 1.54) is 12.1 Å². The first-order valence-electron chi connectivity index (χ1n) is 7.93. The Kier molecular flexibility index (Phi) is 6.24. The second-order valence-electron chi connectivity index (χ2n) is 6.04. The van der Waals surface area contributed by atoms with Gasteiger partial charge in [-0.1, -0.05) is 30.3 Å². The van der Waals surface area contributed by atoms with Crippen molar-refractivity contribution in [3.8, 4) is 0 Å². The van der Waals surface area contributed by atoms with Gasteiger partial charge in [0.15, 0.2) is 9.84 Å². The molecule has 0 aliphatic carbocycles. The molecule has 0 aromatic heterocycles. The van der Waals surface area contributed by atoms with E-state index in [0.717, 1.165) is 17.9 Å². The number of benzene rings is 2. The van der Waals surface area contributed by atoms with Gasteiger partial charge in [-0.2, -0.15) is 0 Å². The number of hydrogen-bond acceptors (Lipinski definition) is 6. The number of anilines is 1. The molecule has 8 nitrogen and oxygen atoms in total. The molecule has 0 heterocycles. The van der Waals surface area contributed by atoms with Crippen LogP contribution in [0.1, 0.15) is 12.5 Å². The molecule has 0 fully saturated rings. The van der Waals surface area contributed by atoms with Crippen LogP contribution in [0.25, 0.3) is 0 Å². The zero-order valence-electron chi connectivity index (χ0n) is 14.8. The summed E-state index contributed by atoms with van der Waals surface area (Å²) < 4.78 is 47.0. The van der Waals surface area contributed by atoms with Gasteiger partial charge in [-0.3, -0.25) is 4.79 Å². The first-order chi connectivity index (χ1) is 12.5. The van der Waals surface area contributed by atoms with Gasteiger partial charge in [-0.05, 0) is 30.7 Å². The third-order valence-electron chi connectivity index (χ3n) is 3.76. The third-order valence-corrected chi connectivity index (χ3v) is 5.80. The van der Waals surface area contributed by atoms with Crippen LogP contribution >= 0.6 is 0 Å². The molecule has 0 aliphatic rings. The van der Waals surface area contributed by atoms with Crippen LogP contribution in [0, 0.1) is 0 Å². The van der Waals surface area contributed by atoms with E-state index < -0.39 is 25.9 Å². The SMILES string of the molecule is CC(Nc1ccc(S(N)(=O)=O)cc1S(C)(=O)=O)C(=O)NCc1ccccc1. The molecule has 1 unspecified atom stereocenters. The van der Waals surface area contributed by atoms with E-state index >= 15 is 0 Å². The molecule has 4 N–H and O–H groups in total. The fourth-order valence-corrected chi connectivity index (χ4v) is 3.82. The Bertz CT molecular complexity index is 1040. The zero-order valence-corrected chi connectivity index (χ0v) is 16.5. The molecular weight excluding hydrogens is 390 g/mol. The standard InChI is InChI=1S/C17H21N3O5S2/c1-12(17(21)19-11-13-6-4-3-5-7-13)20-15-9-8-14(27(18,24)25)10-16(15)26(2,22)23/h3-10,12,20H,11H2,1-2H3,(H,19,21)(H2,18,24,25). The predicted octanol–water partition coefficient (Wildman–Crippen LogP) is 0.854. The maximum atomic E-state index is 12.3. The monoisotopic (exact) mass is 411 g/mol. The van der Waals surface area contributed by atoms with Crippen molar-refractivity contribution in [3.63, 3.8) is 0 Å². The fourth-order valence-electron chi connectivity index (χ4n) is 2.34. The van der Waals surface area contributed by atoms with Gasteiger partial charge >= 0.3 is 0 Å². The van der Waals surface area contributed by atoms with Crippen molar-refractivity contribution in [2.24, 2.45) is 5.14 Å². The summed E-state index contributed by atoms with van der Waals surface area (Å²) in [6, 6.07) is 12.0. The topological polar surface area (TPSA) is 135 Å². The summed E-state index contributed by atoms with van der Waals surface area (Å²) in [5.41, 5.74) is 1.04. The van der Waals surface area contributed by atoms with Crippen LogP contribution in [-0.2, 0) is 31.2 Å². The van der Waals surface area contributed by atoms with E-state index in [-0.39, 0.29) is 21.4 Å². The van der Waals surface area contributed by atoms with E-state index in [0.29, 0.717) is 6.54 Å². The van der Waals surface area contributed by atoms with Crippen LogP contribution in [0.3, 0.4) is 0 Å². The Morgan fingerprint density at radius 3 is 2.26 bits per heavy atom. The van der Waals surface area contributed by atoms with Crippen LogP contribution in [0.15, 0.2) is 58.3 Å². The van der Waals surface area contributed by atoms with Crippen molar-refractivity contribution in [1.29, 1.82) is 0 Å². The highest BCUT2D eigenvalue weighted by atomic mass is 32.2. The molecular formula is C17H21N3O5S2. The largest absolute Gasteiger partial charge is 0.373 e. The highest BCUT2D eigenvalue weighted by Gasteiger charge is 2.21. The summed E-state index contributed by atoms with van der Waals surface area (Å²) in [6.07, 6.45) is 0.945. The summed E-state index contributed by atoms with van der Waals surface area (Å²) in [7, 11) is -7.81. The van der Waals surface area contributed by atoms with Crippen LogP contribution in [0.4, 0.5) is 5.69 Å². The van der Waals surface area contributed by atoms with E-state index in [4.69, 9.17) is 5.14 Å². The summed E-state index contributed by atoms with van der Waals surface area (Å²) in [5.74, 6) is -0.339. The molecule has 0 radical (unpaired) electrons. The van der Waals surface area contributed by atoms with Crippen LogP contribution in [-0.4, -0.2) is 35.0 Å². The number of amides is 1. The number of sulfonamides is 1. The van der Waals surface area contributed by atoms with Gasteiger partial charge in [0.05, 0.1) is 15.5 Å². The average molecular weight is 412 g/mol. The molecule has 146 valence electrons. The highest BCUT2D eigenvalue weighted by molar-refractivity contribution is 7.91. The van der Waals surface area contributed by atoms with Crippen molar-refractivity contribution in [2.45, 2.75) is 29.3 Å². The molecule has 0 saturated heterocycles. The number of hydrogen-bond donors (Lipinski definition) is 3. The summed E-state index contributed by atoms with van der Waals surface area (Å²) in [5, 5.41) is 10.6. The van der Waals surface area contributed by atoms with E-state index in [2.05, 4.69) is 10.6 Å². The first-order valence-corrected chi connectivity index (χ1v) is 11.4. The Balaban J connectivity index is 2.19. The Labute approximate surface area is 158 Å². The number of primary sulfonamides is 1. The normalized spacial score (nSPS) is 13.0. The van der Waals surface area contributed by atoms with Crippen molar-refractivity contribution >= 4 is 31.5 Å². The van der Waals surface area contributed by atoms with Crippen molar-refractivity contribution < 1.29 is 21.6 Å². The molecule has 0 spiro atoms. The number of carbonyl (C=O) groups excluding carboxylic acids is 1. The van der Waals surface area contributed by atoms with E-state index in [1.807, 2.05) is 30.3 Å². The number of sulfone groups is 1. The van der Waals surface area contributed by atoms with Crippen LogP contribution < -0.4 is 15.8 Å². The molecule has 1 amide bonds. The Hall–Kier alpha value is -2.43. The van der Waals surface area contributed by atoms with Gasteiger partial charge in [0.2, 0.25) is 15.9 Å². The van der Waals surface area contributed by atoms with E-state index in [1.54, 1.807) is 6.92 Å². The quantitative estimate of drug-likeness (QED) is 0.618. The van der Waals surface area contributed by atoms with E-state index in [9.17, 15) is 21.6 Å². The molecule has 10 heteroatoms. The Morgan fingerprint density at radius 2 is 1.70 bits per heavy atom. The molecule has 27 heavy (non-hydrogen) atoms. The van der Waals surface area contributed by atoms with Crippen LogP contribution in [0.5, 0.6) is 0 Å². The molecule has 0 saturated carbocycles. The highest BCUT2D eigenvalue weighted by Crippen LogP contribution is 2.25. The fraction of sp³-hybridized carbons (Fsp3) is 0.235. The molecule has 2 aromatic rings. The van der Waals surface area contributed by atoms with Crippen molar-refractivity contribution in [2.75, 3.05) is 11.6 Å². The minimum Gasteiger partial charge on any atom is -0.373 e. The van der Waals surface area contributed by atoms with Gasteiger partial charge in [-0.15, -0.1) is 0 Å². The zero-order chi connectivity index (χ0) is 20.2. The smallest absolute Gasteiger partial charge is 0.242 e. The molecule has 1 atom stereocenters. The summed E-state index contributed by atoms with van der Waals surface area (Å²) in [4.78, 5) is 11.7. The third kappa shape index (κ3) is 5.78. The Morgan fingerprint density at radius 1 is 1.07 bits per heavy atom. The summed E-state index contributed by atoms with van der Waals surface area (Å²) in [6.45, 7) is 1.90. The lowest BCUT2D eigenvalue weighted by molar-refractivity contribution is -0.121. The second kappa shape index (κ2) is 8.07. The van der Waals surface area contributed by atoms with Gasteiger partial charge in [0.25, 0.3) is 0 Å². The molecule has 0 bridgehead atoms. The molecule has 2 aromatic carbocycles. The number of rotatable bonds is 7. The number of nitrogens with one attached hydrogen (secondary N) is 2. The maximum Gasteiger partial charge on any atom is 0.242 e. The minimum absolute atomic E-state index is 0.118. The van der Waals surface area contributed by atoms with Crippen molar-refractivity contribution in [1.82, 2.24) is 5.32 Å². The lowest BCUT2D eigenvalue weighted by atomic mass is 10.2. The lowest BCUT2D eigenvalue weighted by Crippen LogP contribution is -2.37. The molecule has 2 rings (SSSR count). The van der Waals surface area contributed by atoms with Gasteiger partial charge < -0.3 is 10.6 Å². The van der Waals surface area contributed by atoms with Gasteiger partial charge in [0, 0.05) is 12.8 Å². The summed E-state index contributed by atoms with van der Waals surface area (Å²) >= 11 is 0. The van der Waals surface area contributed by atoms with Gasteiger partial charge in [-0.25, -0.2) is 22.0 Å². The van der Waals surface area contributed by atoms with Gasteiger partial charge in [0.1, 0.15) is 6.04 Å². The lowest BCUT2D eigenvalue weighted by Gasteiger charge is -2.18. The molecule has 0 aliphatic heterocycles. The second-order valence-corrected chi connectivity index (χ2v) is 9.59. The average Bonchev–Trinajstić information content (AvgIpc) is 2.59. The van der Waals surface area contributed by atoms with Crippen LogP contribution in [0.2, 0.25) is 0 Å². The minimum atomic E-state index is -4.06. The maximum absolute atomic E-state index is 12.3. The number of carbonyl (C=O) groups is 1. The van der Waals surface area contributed by atoms with Crippen molar-refractivity contribution in [3.05, 3.63) is 54.1 Å². The first kappa shape index (κ1) is 20.9. The predicted molar refractivity (Wildman–Crippen MR) is 102 cm³/mol. The number of nitrogens with two attached hydrogens (primary N) is 1.